The fourth-order valence-corrected chi connectivity index (χ4v) is 3.17. The van der Waals surface area contributed by atoms with Crippen LogP contribution in [-0.2, 0) is 10.0 Å². The molecule has 0 amide bonds. The fraction of sp³-hybridized carbons (Fsp3) is 0.0769. The van der Waals surface area contributed by atoms with Gasteiger partial charge in [-0.15, -0.1) is 0 Å². The molecule has 100 valence electrons. The SMILES string of the molecule is CN(c1ccc(Br)cc1F)S(=O)(=O)c1ccccc1. The summed E-state index contributed by atoms with van der Waals surface area (Å²) in [6.07, 6.45) is 0. The normalized spacial score (nSPS) is 11.3. The molecule has 0 saturated carbocycles. The number of halogens is 2. The van der Waals surface area contributed by atoms with Gasteiger partial charge in [-0.1, -0.05) is 34.1 Å². The highest BCUT2D eigenvalue weighted by Gasteiger charge is 2.23. The largest absolute Gasteiger partial charge is 0.266 e. The van der Waals surface area contributed by atoms with E-state index in [0.717, 1.165) is 4.31 Å². The maximum atomic E-state index is 13.8. The van der Waals surface area contributed by atoms with Crippen molar-refractivity contribution < 1.29 is 12.8 Å². The van der Waals surface area contributed by atoms with Crippen molar-refractivity contribution in [3.05, 3.63) is 58.8 Å². The van der Waals surface area contributed by atoms with Crippen molar-refractivity contribution >= 4 is 31.6 Å². The van der Waals surface area contributed by atoms with E-state index >= 15 is 0 Å². The van der Waals surface area contributed by atoms with Gasteiger partial charge < -0.3 is 0 Å². The molecule has 0 aliphatic carbocycles. The highest BCUT2D eigenvalue weighted by molar-refractivity contribution is 9.10. The molecule has 0 unspecified atom stereocenters. The molecule has 19 heavy (non-hydrogen) atoms. The first-order valence-electron chi connectivity index (χ1n) is 5.42. The third-order valence-corrected chi connectivity index (χ3v) is 4.93. The quantitative estimate of drug-likeness (QED) is 0.856. The van der Waals surface area contributed by atoms with Crippen LogP contribution in [0.1, 0.15) is 0 Å². The van der Waals surface area contributed by atoms with E-state index in [-0.39, 0.29) is 10.6 Å². The Hall–Kier alpha value is -1.40. The number of benzene rings is 2. The van der Waals surface area contributed by atoms with Gasteiger partial charge in [-0.2, -0.15) is 0 Å². The number of nitrogens with zero attached hydrogens (tertiary/aromatic N) is 1. The van der Waals surface area contributed by atoms with Crippen LogP contribution >= 0.6 is 15.9 Å². The molecule has 0 aromatic heterocycles. The van der Waals surface area contributed by atoms with E-state index in [2.05, 4.69) is 15.9 Å². The first kappa shape index (κ1) is 14.0. The molecule has 0 atom stereocenters. The summed E-state index contributed by atoms with van der Waals surface area (Å²) in [5, 5.41) is 0. The predicted octanol–water partition coefficient (Wildman–Crippen LogP) is 3.41. The first-order valence-corrected chi connectivity index (χ1v) is 7.65. The van der Waals surface area contributed by atoms with Crippen LogP contribution in [0.15, 0.2) is 57.9 Å². The van der Waals surface area contributed by atoms with E-state index < -0.39 is 15.8 Å². The average Bonchev–Trinajstić information content (AvgIpc) is 2.39. The second-order valence-electron chi connectivity index (χ2n) is 3.88. The summed E-state index contributed by atoms with van der Waals surface area (Å²) in [6.45, 7) is 0. The van der Waals surface area contributed by atoms with Crippen molar-refractivity contribution in [1.29, 1.82) is 0 Å². The van der Waals surface area contributed by atoms with Crippen molar-refractivity contribution in [2.45, 2.75) is 4.90 Å². The zero-order chi connectivity index (χ0) is 14.0. The van der Waals surface area contributed by atoms with Crippen LogP contribution < -0.4 is 4.31 Å². The van der Waals surface area contributed by atoms with Crippen LogP contribution in [0, 0.1) is 5.82 Å². The third-order valence-electron chi connectivity index (χ3n) is 2.65. The van der Waals surface area contributed by atoms with Gasteiger partial charge in [-0.3, -0.25) is 4.31 Å². The Morgan fingerprint density at radius 3 is 2.32 bits per heavy atom. The van der Waals surface area contributed by atoms with Crippen LogP contribution in [0.4, 0.5) is 10.1 Å². The van der Waals surface area contributed by atoms with Crippen LogP contribution in [0.25, 0.3) is 0 Å². The summed E-state index contributed by atoms with van der Waals surface area (Å²) in [6, 6.07) is 12.2. The second-order valence-corrected chi connectivity index (χ2v) is 6.77. The highest BCUT2D eigenvalue weighted by Crippen LogP contribution is 2.26. The molecule has 0 aliphatic heterocycles. The van der Waals surface area contributed by atoms with Gasteiger partial charge in [0, 0.05) is 11.5 Å². The highest BCUT2D eigenvalue weighted by atomic mass is 79.9. The topological polar surface area (TPSA) is 37.4 Å². The van der Waals surface area contributed by atoms with Crippen molar-refractivity contribution in [1.82, 2.24) is 0 Å². The molecule has 0 radical (unpaired) electrons. The summed E-state index contributed by atoms with van der Waals surface area (Å²) in [5.41, 5.74) is 0.00653. The third kappa shape index (κ3) is 2.79. The number of hydrogen-bond donors (Lipinski definition) is 0. The Bertz CT molecular complexity index is 689. The zero-order valence-corrected chi connectivity index (χ0v) is 12.4. The monoisotopic (exact) mass is 343 g/mol. The van der Waals surface area contributed by atoms with Crippen molar-refractivity contribution in [3.63, 3.8) is 0 Å². The van der Waals surface area contributed by atoms with Crippen LogP contribution in [0.5, 0.6) is 0 Å². The summed E-state index contributed by atoms with van der Waals surface area (Å²) in [5.74, 6) is -0.601. The molecular weight excluding hydrogens is 333 g/mol. The molecule has 0 spiro atoms. The van der Waals surface area contributed by atoms with E-state index in [1.54, 1.807) is 24.3 Å². The molecule has 0 fully saturated rings. The van der Waals surface area contributed by atoms with Crippen LogP contribution in [0.3, 0.4) is 0 Å². The molecule has 2 aromatic carbocycles. The summed E-state index contributed by atoms with van der Waals surface area (Å²) in [4.78, 5) is 0.125. The Morgan fingerprint density at radius 1 is 1.11 bits per heavy atom. The lowest BCUT2D eigenvalue weighted by Crippen LogP contribution is -2.27. The molecule has 6 heteroatoms. The fourth-order valence-electron chi connectivity index (χ4n) is 1.62. The number of rotatable bonds is 3. The van der Waals surface area contributed by atoms with E-state index in [4.69, 9.17) is 0 Å². The maximum Gasteiger partial charge on any atom is 0.264 e. The second kappa shape index (κ2) is 5.30. The number of anilines is 1. The van der Waals surface area contributed by atoms with Gasteiger partial charge in [0.15, 0.2) is 0 Å². The molecule has 0 heterocycles. The molecule has 2 rings (SSSR count). The van der Waals surface area contributed by atoms with Crippen molar-refractivity contribution in [2.24, 2.45) is 0 Å². The Morgan fingerprint density at radius 2 is 1.74 bits per heavy atom. The molecule has 2 aromatic rings. The van der Waals surface area contributed by atoms with Gasteiger partial charge in [0.05, 0.1) is 10.6 Å². The predicted molar refractivity (Wildman–Crippen MR) is 76.1 cm³/mol. The lowest BCUT2D eigenvalue weighted by Gasteiger charge is -2.20. The summed E-state index contributed by atoms with van der Waals surface area (Å²) in [7, 11) is -2.42. The Kier molecular flexibility index (Phi) is 3.91. The Labute approximate surface area is 119 Å². The van der Waals surface area contributed by atoms with Gasteiger partial charge in [0.2, 0.25) is 0 Å². The van der Waals surface area contributed by atoms with Crippen molar-refractivity contribution in [3.8, 4) is 0 Å². The molecule has 0 aliphatic rings. The van der Waals surface area contributed by atoms with Gasteiger partial charge in [0.1, 0.15) is 5.82 Å². The van der Waals surface area contributed by atoms with E-state index in [0.29, 0.717) is 4.47 Å². The van der Waals surface area contributed by atoms with E-state index in [9.17, 15) is 12.8 Å². The van der Waals surface area contributed by atoms with Gasteiger partial charge in [-0.05, 0) is 30.3 Å². The number of hydrogen-bond acceptors (Lipinski definition) is 2. The van der Waals surface area contributed by atoms with E-state index in [1.807, 2.05) is 0 Å². The van der Waals surface area contributed by atoms with Gasteiger partial charge in [0.25, 0.3) is 10.0 Å². The van der Waals surface area contributed by atoms with Crippen LogP contribution in [0.2, 0.25) is 0 Å². The maximum absolute atomic E-state index is 13.8. The zero-order valence-electron chi connectivity index (χ0n) is 10.0. The minimum atomic E-state index is -3.75. The standard InChI is InChI=1S/C13H11BrFNO2S/c1-16(13-8-7-10(14)9-12(13)15)19(17,18)11-5-3-2-4-6-11/h2-9H,1H3. The molecule has 0 bridgehead atoms. The minimum absolute atomic E-state index is 0.00653. The first-order chi connectivity index (χ1) is 8.93. The van der Waals surface area contributed by atoms with Gasteiger partial charge >= 0.3 is 0 Å². The summed E-state index contributed by atoms with van der Waals surface area (Å²) >= 11 is 3.13. The van der Waals surface area contributed by atoms with Gasteiger partial charge in [-0.25, -0.2) is 12.8 Å². The Balaban J connectivity index is 2.47. The minimum Gasteiger partial charge on any atom is -0.266 e. The average molecular weight is 344 g/mol. The molecular formula is C13H11BrFNO2S. The lowest BCUT2D eigenvalue weighted by molar-refractivity contribution is 0.589. The lowest BCUT2D eigenvalue weighted by atomic mass is 10.3. The van der Waals surface area contributed by atoms with E-state index in [1.165, 1.54) is 31.3 Å². The summed E-state index contributed by atoms with van der Waals surface area (Å²) < 4.78 is 39.9. The molecule has 0 N–H and O–H groups in total. The van der Waals surface area contributed by atoms with Crippen LogP contribution in [-0.4, -0.2) is 15.5 Å². The van der Waals surface area contributed by atoms with Crippen molar-refractivity contribution in [2.75, 3.05) is 11.4 Å². The molecule has 0 saturated heterocycles. The number of sulfonamides is 1. The molecule has 3 nitrogen and oxygen atoms in total. The smallest absolute Gasteiger partial charge is 0.264 e.